The molecule has 0 radical (unpaired) electrons. The standard InChI is InChI=1S/C18H25N5O/c1-12-7-13(2)23(20-12)11-15-5-4-6-22(15)18(24)17-8-16(17)14-9-19-21(3)10-14/h7,9-10,15-17H,4-6,8,11H2,1-3H3/t15-,16+,17-/m0/s1. The van der Waals surface area contributed by atoms with Crippen molar-refractivity contribution < 1.29 is 4.79 Å². The normalized spacial score (nSPS) is 26.1. The predicted octanol–water partition coefficient (Wildman–Crippen LogP) is 2.03. The summed E-state index contributed by atoms with van der Waals surface area (Å²) >= 11 is 0. The molecule has 2 fully saturated rings. The van der Waals surface area contributed by atoms with Gasteiger partial charge in [-0.3, -0.25) is 14.2 Å². The molecule has 3 atom stereocenters. The highest BCUT2D eigenvalue weighted by molar-refractivity contribution is 5.83. The second kappa shape index (κ2) is 5.76. The van der Waals surface area contributed by atoms with Crippen LogP contribution in [-0.4, -0.2) is 43.0 Å². The molecular formula is C18H25N5O. The molecule has 0 N–H and O–H groups in total. The van der Waals surface area contributed by atoms with Crippen molar-refractivity contribution in [3.05, 3.63) is 35.4 Å². The molecule has 0 bridgehead atoms. The van der Waals surface area contributed by atoms with Crippen molar-refractivity contribution in [3.8, 4) is 0 Å². The van der Waals surface area contributed by atoms with Gasteiger partial charge in [0.1, 0.15) is 0 Å². The first-order valence-corrected chi connectivity index (χ1v) is 8.83. The van der Waals surface area contributed by atoms with Crippen LogP contribution >= 0.6 is 0 Å². The Balaban J connectivity index is 1.43. The molecule has 1 saturated heterocycles. The minimum absolute atomic E-state index is 0.148. The van der Waals surface area contributed by atoms with E-state index in [4.69, 9.17) is 0 Å². The molecule has 2 aromatic heterocycles. The molecule has 0 spiro atoms. The monoisotopic (exact) mass is 327 g/mol. The molecule has 128 valence electrons. The van der Waals surface area contributed by atoms with E-state index in [9.17, 15) is 4.79 Å². The fraction of sp³-hybridized carbons (Fsp3) is 0.611. The highest BCUT2D eigenvalue weighted by atomic mass is 16.2. The molecular weight excluding hydrogens is 302 g/mol. The maximum absolute atomic E-state index is 13.0. The van der Waals surface area contributed by atoms with Gasteiger partial charge in [-0.25, -0.2) is 0 Å². The van der Waals surface area contributed by atoms with Crippen LogP contribution in [-0.2, 0) is 18.4 Å². The quantitative estimate of drug-likeness (QED) is 0.863. The van der Waals surface area contributed by atoms with E-state index >= 15 is 0 Å². The number of nitrogens with zero attached hydrogens (tertiary/aromatic N) is 5. The topological polar surface area (TPSA) is 56.0 Å². The van der Waals surface area contributed by atoms with Gasteiger partial charge in [0.05, 0.1) is 24.5 Å². The zero-order valence-corrected chi connectivity index (χ0v) is 14.6. The summed E-state index contributed by atoms with van der Waals surface area (Å²) in [5.41, 5.74) is 3.42. The third kappa shape index (κ3) is 2.74. The van der Waals surface area contributed by atoms with Crippen molar-refractivity contribution in [2.75, 3.05) is 6.54 Å². The number of hydrogen-bond donors (Lipinski definition) is 0. The first-order chi connectivity index (χ1) is 11.5. The van der Waals surface area contributed by atoms with E-state index in [0.717, 1.165) is 38.0 Å². The SMILES string of the molecule is Cc1cc(C)n(C[C@@H]2CCCN2C(=O)[C@H]2C[C@@H]2c2cnn(C)c2)n1. The summed E-state index contributed by atoms with van der Waals surface area (Å²) in [7, 11) is 1.92. The molecule has 0 unspecified atom stereocenters. The number of amides is 1. The lowest BCUT2D eigenvalue weighted by Crippen LogP contribution is -2.39. The summed E-state index contributed by atoms with van der Waals surface area (Å²) in [6.07, 6.45) is 7.08. The van der Waals surface area contributed by atoms with Crippen LogP contribution in [0.15, 0.2) is 18.5 Å². The number of aryl methyl sites for hydroxylation is 3. The van der Waals surface area contributed by atoms with Gasteiger partial charge in [-0.15, -0.1) is 0 Å². The summed E-state index contributed by atoms with van der Waals surface area (Å²) in [6, 6.07) is 2.38. The van der Waals surface area contributed by atoms with Crippen molar-refractivity contribution in [1.29, 1.82) is 0 Å². The number of hydrogen-bond acceptors (Lipinski definition) is 3. The summed E-state index contributed by atoms with van der Waals surface area (Å²) in [6.45, 7) is 5.80. The van der Waals surface area contributed by atoms with Crippen LogP contribution in [0.2, 0.25) is 0 Å². The number of likely N-dealkylation sites (tertiary alicyclic amines) is 1. The van der Waals surface area contributed by atoms with Gasteiger partial charge in [0.2, 0.25) is 5.91 Å². The van der Waals surface area contributed by atoms with E-state index in [1.165, 1.54) is 11.3 Å². The summed E-state index contributed by atoms with van der Waals surface area (Å²) in [4.78, 5) is 15.1. The van der Waals surface area contributed by atoms with Gasteiger partial charge >= 0.3 is 0 Å². The number of carbonyl (C=O) groups excluding carboxylic acids is 1. The van der Waals surface area contributed by atoms with E-state index in [1.807, 2.05) is 31.0 Å². The van der Waals surface area contributed by atoms with Crippen LogP contribution in [0.5, 0.6) is 0 Å². The highest BCUT2D eigenvalue weighted by Crippen LogP contribution is 2.49. The van der Waals surface area contributed by atoms with Crippen molar-refractivity contribution in [2.45, 2.75) is 51.6 Å². The first kappa shape index (κ1) is 15.4. The first-order valence-electron chi connectivity index (χ1n) is 8.83. The lowest BCUT2D eigenvalue weighted by atomic mass is 10.1. The largest absolute Gasteiger partial charge is 0.338 e. The van der Waals surface area contributed by atoms with Gasteiger partial charge in [0.15, 0.2) is 0 Å². The van der Waals surface area contributed by atoms with Crippen LogP contribution in [0.1, 0.15) is 42.1 Å². The molecule has 24 heavy (non-hydrogen) atoms. The minimum atomic E-state index is 0.148. The highest BCUT2D eigenvalue weighted by Gasteiger charge is 2.48. The average Bonchev–Trinajstić information content (AvgIpc) is 2.83. The van der Waals surface area contributed by atoms with Gasteiger partial charge in [-0.05, 0) is 50.7 Å². The molecule has 2 aliphatic rings. The Labute approximate surface area is 142 Å². The molecule has 3 heterocycles. The third-order valence-corrected chi connectivity index (χ3v) is 5.41. The average molecular weight is 327 g/mol. The Morgan fingerprint density at radius 1 is 1.38 bits per heavy atom. The molecule has 2 aromatic rings. The smallest absolute Gasteiger partial charge is 0.226 e. The molecule has 1 aliphatic heterocycles. The van der Waals surface area contributed by atoms with Gasteiger partial charge < -0.3 is 4.90 Å². The fourth-order valence-electron chi connectivity index (χ4n) is 4.06. The van der Waals surface area contributed by atoms with Crippen LogP contribution in [0.4, 0.5) is 0 Å². The molecule has 6 heteroatoms. The molecule has 1 saturated carbocycles. The van der Waals surface area contributed by atoms with Crippen molar-refractivity contribution in [2.24, 2.45) is 13.0 Å². The molecule has 1 aliphatic carbocycles. The van der Waals surface area contributed by atoms with E-state index in [2.05, 4.69) is 32.8 Å². The predicted molar refractivity (Wildman–Crippen MR) is 90.5 cm³/mol. The summed E-state index contributed by atoms with van der Waals surface area (Å²) < 4.78 is 3.87. The zero-order chi connectivity index (χ0) is 16.8. The Kier molecular flexibility index (Phi) is 3.70. The second-order valence-corrected chi connectivity index (χ2v) is 7.33. The van der Waals surface area contributed by atoms with Gasteiger partial charge in [-0.2, -0.15) is 10.2 Å². The van der Waals surface area contributed by atoms with Gasteiger partial charge in [0, 0.05) is 31.4 Å². The minimum Gasteiger partial charge on any atom is -0.338 e. The zero-order valence-electron chi connectivity index (χ0n) is 14.6. The lowest BCUT2D eigenvalue weighted by Gasteiger charge is -2.25. The maximum Gasteiger partial charge on any atom is 0.226 e. The number of rotatable bonds is 4. The van der Waals surface area contributed by atoms with Crippen LogP contribution in [0.25, 0.3) is 0 Å². The van der Waals surface area contributed by atoms with Crippen molar-refractivity contribution >= 4 is 5.91 Å². The Hall–Kier alpha value is -2.11. The lowest BCUT2D eigenvalue weighted by molar-refractivity contribution is -0.133. The third-order valence-electron chi connectivity index (χ3n) is 5.41. The number of carbonyl (C=O) groups is 1. The van der Waals surface area contributed by atoms with Gasteiger partial charge in [-0.1, -0.05) is 0 Å². The molecule has 0 aromatic carbocycles. The maximum atomic E-state index is 13.0. The van der Waals surface area contributed by atoms with Crippen LogP contribution in [0.3, 0.4) is 0 Å². The molecule has 6 nitrogen and oxygen atoms in total. The summed E-state index contributed by atoms with van der Waals surface area (Å²) in [5, 5.41) is 8.79. The Morgan fingerprint density at radius 3 is 2.88 bits per heavy atom. The van der Waals surface area contributed by atoms with Gasteiger partial charge in [0.25, 0.3) is 0 Å². The van der Waals surface area contributed by atoms with Crippen molar-refractivity contribution in [1.82, 2.24) is 24.5 Å². The van der Waals surface area contributed by atoms with E-state index in [-0.39, 0.29) is 12.0 Å². The summed E-state index contributed by atoms with van der Waals surface area (Å²) in [5.74, 6) is 0.837. The Bertz CT molecular complexity index is 761. The van der Waals surface area contributed by atoms with Crippen molar-refractivity contribution in [3.63, 3.8) is 0 Å². The van der Waals surface area contributed by atoms with E-state index in [1.54, 1.807) is 0 Å². The fourth-order valence-corrected chi connectivity index (χ4v) is 4.06. The van der Waals surface area contributed by atoms with Crippen LogP contribution < -0.4 is 0 Å². The van der Waals surface area contributed by atoms with E-state index in [0.29, 0.717) is 11.8 Å². The van der Waals surface area contributed by atoms with Crippen LogP contribution in [0, 0.1) is 19.8 Å². The van der Waals surface area contributed by atoms with E-state index < -0.39 is 0 Å². The second-order valence-electron chi connectivity index (χ2n) is 7.33. The Morgan fingerprint density at radius 2 is 2.21 bits per heavy atom. The molecule has 4 rings (SSSR count). The molecule has 1 amide bonds. The number of aromatic nitrogens is 4.